The van der Waals surface area contributed by atoms with Gasteiger partial charge in [-0.2, -0.15) is 18.2 Å². The summed E-state index contributed by atoms with van der Waals surface area (Å²) in [5.41, 5.74) is 0.328. The van der Waals surface area contributed by atoms with Gasteiger partial charge in [0.05, 0.1) is 0 Å². The Morgan fingerprint density at radius 2 is 1.81 bits per heavy atom. The van der Waals surface area contributed by atoms with Crippen LogP contribution in [0, 0.1) is 6.07 Å². The molecule has 4 heteroatoms. The van der Waals surface area contributed by atoms with Gasteiger partial charge in [0.15, 0.2) is 0 Å². The van der Waals surface area contributed by atoms with Crippen LogP contribution in [0.3, 0.4) is 0 Å². The largest absolute Gasteiger partial charge is 0.443 e. The minimum absolute atomic E-state index is 0. The molecule has 0 aromatic heterocycles. The molecule has 0 saturated heterocycles. The number of ether oxygens (including phenoxy) is 1. The fraction of sp³-hybridized carbons (Fsp3) is 0.417. The Hall–Kier alpha value is -0.822. The molecule has 0 saturated carbocycles. The van der Waals surface area contributed by atoms with Crippen LogP contribution in [0.2, 0.25) is 0 Å². The zero-order valence-electron chi connectivity index (χ0n) is 9.98. The Balaban J connectivity index is 0.00000225. The maximum atomic E-state index is 11.7. The Kier molecular flexibility index (Phi) is 5.74. The Bertz CT molecular complexity index is 333. The average Bonchev–Trinajstić information content (AvgIpc) is 2.15. The molecular weight excluding hydrogens is 374 g/mol. The first-order valence-corrected chi connectivity index (χ1v) is 4.83. The van der Waals surface area contributed by atoms with E-state index < -0.39 is 5.60 Å². The summed E-state index contributed by atoms with van der Waals surface area (Å²) in [6.07, 6.45) is -0.353. The van der Waals surface area contributed by atoms with Gasteiger partial charge in [0, 0.05) is 28.1 Å². The van der Waals surface area contributed by atoms with Crippen molar-refractivity contribution in [2.45, 2.75) is 26.4 Å². The number of carbonyl (C=O) groups excluding carboxylic acids is 1. The van der Waals surface area contributed by atoms with E-state index >= 15 is 0 Å². The van der Waals surface area contributed by atoms with Gasteiger partial charge in [0.25, 0.3) is 0 Å². The molecule has 0 atom stereocenters. The normalized spacial score (nSPS) is 10.2. The minimum atomic E-state index is -0.466. The Labute approximate surface area is 111 Å². The van der Waals surface area contributed by atoms with Crippen molar-refractivity contribution in [1.82, 2.24) is 0 Å². The van der Waals surface area contributed by atoms with E-state index in [4.69, 9.17) is 4.74 Å². The third-order valence-corrected chi connectivity index (χ3v) is 1.76. The molecule has 0 radical (unpaired) electrons. The second kappa shape index (κ2) is 6.05. The molecule has 0 aliphatic rings. The van der Waals surface area contributed by atoms with Crippen LogP contribution in [-0.4, -0.2) is 18.7 Å². The van der Waals surface area contributed by atoms with Crippen molar-refractivity contribution >= 4 is 11.8 Å². The third-order valence-electron chi connectivity index (χ3n) is 1.76. The van der Waals surface area contributed by atoms with E-state index in [2.05, 4.69) is 6.07 Å². The standard InChI is InChI=1S/C12H16NO2.W/c1-12(2,3)15-11(14)13(4)10-8-6-5-7-9-10;/h6-9H,1-4H3;/q-1;. The molecule has 3 nitrogen and oxygen atoms in total. The van der Waals surface area contributed by atoms with Crippen molar-refractivity contribution in [2.75, 3.05) is 11.9 Å². The van der Waals surface area contributed by atoms with Gasteiger partial charge >= 0.3 is 6.09 Å². The van der Waals surface area contributed by atoms with Gasteiger partial charge in [0.2, 0.25) is 0 Å². The first-order valence-electron chi connectivity index (χ1n) is 4.83. The first-order chi connectivity index (χ1) is 6.90. The number of benzene rings is 1. The van der Waals surface area contributed by atoms with Crippen molar-refractivity contribution in [3.8, 4) is 0 Å². The van der Waals surface area contributed by atoms with Crippen LogP contribution in [0.1, 0.15) is 20.8 Å². The van der Waals surface area contributed by atoms with Gasteiger partial charge in [0.1, 0.15) is 5.60 Å². The summed E-state index contributed by atoms with van der Waals surface area (Å²) >= 11 is 0. The van der Waals surface area contributed by atoms with Crippen molar-refractivity contribution in [3.05, 3.63) is 30.3 Å². The zero-order chi connectivity index (χ0) is 11.5. The predicted octanol–water partition coefficient (Wildman–Crippen LogP) is 2.86. The van der Waals surface area contributed by atoms with Crippen LogP contribution in [0.5, 0.6) is 0 Å². The summed E-state index contributed by atoms with van der Waals surface area (Å²) in [4.78, 5) is 13.1. The molecule has 1 aromatic carbocycles. The van der Waals surface area contributed by atoms with Crippen LogP contribution >= 0.6 is 0 Å². The van der Waals surface area contributed by atoms with Crippen molar-refractivity contribution in [3.63, 3.8) is 0 Å². The number of nitrogens with zero attached hydrogens (tertiary/aromatic N) is 1. The maximum absolute atomic E-state index is 11.7. The quantitative estimate of drug-likeness (QED) is 0.691. The van der Waals surface area contributed by atoms with E-state index in [1.807, 2.05) is 32.9 Å². The molecule has 0 bridgehead atoms. The molecule has 1 rings (SSSR count). The fourth-order valence-electron chi connectivity index (χ4n) is 1.04. The molecular formula is C12H16NO2W-. The molecule has 16 heavy (non-hydrogen) atoms. The molecule has 0 heterocycles. The Morgan fingerprint density at radius 3 is 2.25 bits per heavy atom. The molecule has 0 spiro atoms. The summed E-state index contributed by atoms with van der Waals surface area (Å²) < 4.78 is 5.23. The molecule has 0 fully saturated rings. The number of anilines is 1. The van der Waals surface area contributed by atoms with Crippen LogP contribution < -0.4 is 4.90 Å². The zero-order valence-corrected chi connectivity index (χ0v) is 12.9. The van der Waals surface area contributed by atoms with E-state index in [9.17, 15) is 4.79 Å². The molecule has 0 aliphatic heterocycles. The minimum Gasteiger partial charge on any atom is -0.443 e. The third kappa shape index (κ3) is 4.80. The SMILES string of the molecule is CN(C(=O)OC(C)(C)C)c1cc[c-]cc1.[W]. The second-order valence-electron chi connectivity index (χ2n) is 4.30. The monoisotopic (exact) mass is 390 g/mol. The van der Waals surface area contributed by atoms with Gasteiger partial charge in [-0.05, 0) is 20.8 Å². The first kappa shape index (κ1) is 15.2. The van der Waals surface area contributed by atoms with Gasteiger partial charge < -0.3 is 9.64 Å². The summed E-state index contributed by atoms with van der Waals surface area (Å²) in [6.45, 7) is 5.53. The number of carbonyl (C=O) groups is 1. The van der Waals surface area contributed by atoms with E-state index in [-0.39, 0.29) is 27.2 Å². The van der Waals surface area contributed by atoms with Crippen LogP contribution in [-0.2, 0) is 25.8 Å². The predicted molar refractivity (Wildman–Crippen MR) is 59.9 cm³/mol. The maximum Gasteiger partial charge on any atom is 0.412 e. The van der Waals surface area contributed by atoms with E-state index in [0.717, 1.165) is 5.69 Å². The molecule has 0 unspecified atom stereocenters. The number of hydrogen-bond acceptors (Lipinski definition) is 2. The average molecular weight is 390 g/mol. The van der Waals surface area contributed by atoms with Crippen LogP contribution in [0.4, 0.5) is 10.5 Å². The van der Waals surface area contributed by atoms with E-state index in [1.54, 1.807) is 19.2 Å². The van der Waals surface area contributed by atoms with Crippen LogP contribution in [0.15, 0.2) is 24.3 Å². The van der Waals surface area contributed by atoms with Crippen molar-refractivity contribution < 1.29 is 30.6 Å². The summed E-state index contributed by atoms with van der Waals surface area (Å²) in [7, 11) is 1.68. The van der Waals surface area contributed by atoms with Gasteiger partial charge in [-0.3, -0.25) is 0 Å². The van der Waals surface area contributed by atoms with Gasteiger partial charge in [-0.15, -0.1) is 12.1 Å². The summed E-state index contributed by atoms with van der Waals surface area (Å²) in [5, 5.41) is 0. The van der Waals surface area contributed by atoms with E-state index in [0.29, 0.717) is 0 Å². The van der Waals surface area contributed by atoms with Crippen molar-refractivity contribution in [1.29, 1.82) is 0 Å². The second-order valence-corrected chi connectivity index (χ2v) is 4.30. The number of amides is 1. The Morgan fingerprint density at radius 1 is 1.31 bits per heavy atom. The molecule has 0 N–H and O–H groups in total. The molecule has 0 aliphatic carbocycles. The fourth-order valence-corrected chi connectivity index (χ4v) is 1.04. The molecule has 1 amide bonds. The van der Waals surface area contributed by atoms with E-state index in [1.165, 1.54) is 4.90 Å². The summed E-state index contributed by atoms with van der Waals surface area (Å²) in [5.74, 6) is 0. The van der Waals surface area contributed by atoms with Gasteiger partial charge in [-0.25, -0.2) is 4.79 Å². The summed E-state index contributed by atoms with van der Waals surface area (Å²) in [6, 6.07) is 10.0. The smallest absolute Gasteiger partial charge is 0.412 e. The van der Waals surface area contributed by atoms with Crippen LogP contribution in [0.25, 0.3) is 0 Å². The number of hydrogen-bond donors (Lipinski definition) is 0. The number of rotatable bonds is 1. The molecule has 88 valence electrons. The topological polar surface area (TPSA) is 29.5 Å². The van der Waals surface area contributed by atoms with Crippen molar-refractivity contribution in [2.24, 2.45) is 0 Å². The van der Waals surface area contributed by atoms with Gasteiger partial charge in [-0.1, -0.05) is 5.69 Å². The molecule has 1 aromatic rings.